The van der Waals surface area contributed by atoms with Gasteiger partial charge in [-0.1, -0.05) is 46.3 Å². The average molecular weight is 292 g/mol. The number of hydrogen-bond acceptors (Lipinski definition) is 1. The number of aliphatic hydroxyl groups is 1. The van der Waals surface area contributed by atoms with Crippen molar-refractivity contribution in [2.75, 3.05) is 6.61 Å². The van der Waals surface area contributed by atoms with Crippen LogP contribution in [-0.4, -0.2) is 21.4 Å². The summed E-state index contributed by atoms with van der Waals surface area (Å²) in [6.07, 6.45) is 1.87. The molecule has 84 valence electrons. The average Bonchev–Trinajstić information content (AvgIpc) is 2.27. The van der Waals surface area contributed by atoms with Crippen LogP contribution >= 0.6 is 27.5 Å². The van der Waals surface area contributed by atoms with Crippen LogP contribution in [0.2, 0.25) is 0 Å². The topological polar surface area (TPSA) is 20.2 Å². The summed E-state index contributed by atoms with van der Waals surface area (Å²) in [6, 6.07) is 10.3. The van der Waals surface area contributed by atoms with Gasteiger partial charge in [-0.2, -0.15) is 0 Å². The zero-order valence-electron chi connectivity index (χ0n) is 8.79. The van der Waals surface area contributed by atoms with Crippen LogP contribution in [0.1, 0.15) is 18.9 Å². The summed E-state index contributed by atoms with van der Waals surface area (Å²) < 4.78 is -0.209. The van der Waals surface area contributed by atoms with E-state index in [2.05, 4.69) is 28.1 Å². The Labute approximate surface area is 105 Å². The quantitative estimate of drug-likeness (QED) is 0.825. The van der Waals surface area contributed by atoms with Crippen LogP contribution in [0.25, 0.3) is 0 Å². The molecule has 2 atom stereocenters. The van der Waals surface area contributed by atoms with E-state index < -0.39 is 0 Å². The number of rotatable bonds is 5. The maximum Gasteiger partial charge on any atom is 0.0717 e. The highest BCUT2D eigenvalue weighted by atomic mass is 79.9. The van der Waals surface area contributed by atoms with Gasteiger partial charge in [0.1, 0.15) is 0 Å². The molecule has 0 amide bonds. The van der Waals surface area contributed by atoms with E-state index in [0.29, 0.717) is 0 Å². The van der Waals surface area contributed by atoms with Crippen LogP contribution in [0.5, 0.6) is 0 Å². The first-order valence-corrected chi connectivity index (χ1v) is 6.27. The molecule has 1 aromatic rings. The smallest absolute Gasteiger partial charge is 0.0717 e. The number of halogens is 2. The van der Waals surface area contributed by atoms with Crippen molar-refractivity contribution in [3.05, 3.63) is 35.9 Å². The monoisotopic (exact) mass is 290 g/mol. The largest absolute Gasteiger partial charge is 0.395 e. The maximum atomic E-state index is 9.01. The minimum atomic E-state index is -0.249. The first-order chi connectivity index (χ1) is 7.06. The van der Waals surface area contributed by atoms with Crippen molar-refractivity contribution in [3.8, 4) is 0 Å². The molecule has 0 saturated heterocycles. The molecule has 0 spiro atoms. The number of aliphatic hydroxyl groups excluding tert-OH is 1. The second-order valence-corrected chi connectivity index (χ2v) is 6.25. The predicted octanol–water partition coefficient (Wildman–Crippen LogP) is 3.37. The Balaban J connectivity index is 2.49. The molecule has 15 heavy (non-hydrogen) atoms. The van der Waals surface area contributed by atoms with E-state index in [1.165, 1.54) is 5.56 Å². The Morgan fingerprint density at radius 1 is 1.40 bits per heavy atom. The summed E-state index contributed by atoms with van der Waals surface area (Å²) in [5.74, 6) is 0. The molecular weight excluding hydrogens is 275 g/mol. The van der Waals surface area contributed by atoms with E-state index in [4.69, 9.17) is 16.7 Å². The molecule has 0 aliphatic heterocycles. The van der Waals surface area contributed by atoms with E-state index in [1.807, 2.05) is 25.1 Å². The van der Waals surface area contributed by atoms with Crippen molar-refractivity contribution in [2.24, 2.45) is 0 Å². The summed E-state index contributed by atoms with van der Waals surface area (Å²) >= 11 is 9.60. The highest BCUT2D eigenvalue weighted by Crippen LogP contribution is 2.31. The Bertz CT molecular complexity index is 287. The molecule has 1 nitrogen and oxygen atoms in total. The zero-order valence-corrected chi connectivity index (χ0v) is 11.1. The van der Waals surface area contributed by atoms with Gasteiger partial charge in [0.15, 0.2) is 0 Å². The van der Waals surface area contributed by atoms with Crippen LogP contribution in [-0.2, 0) is 6.42 Å². The predicted molar refractivity (Wildman–Crippen MR) is 68.8 cm³/mol. The molecule has 0 bridgehead atoms. The maximum absolute atomic E-state index is 9.01. The third-order valence-electron chi connectivity index (χ3n) is 2.56. The Morgan fingerprint density at radius 3 is 2.53 bits per heavy atom. The van der Waals surface area contributed by atoms with Gasteiger partial charge >= 0.3 is 0 Å². The van der Waals surface area contributed by atoms with Gasteiger partial charge in [0.2, 0.25) is 0 Å². The molecular formula is C12H16BrClO. The molecule has 0 aliphatic carbocycles. The Morgan fingerprint density at radius 2 is 2.00 bits per heavy atom. The van der Waals surface area contributed by atoms with E-state index in [1.54, 1.807) is 0 Å². The number of aryl methyl sites for hydroxylation is 1. The van der Waals surface area contributed by atoms with Crippen LogP contribution < -0.4 is 0 Å². The van der Waals surface area contributed by atoms with Gasteiger partial charge < -0.3 is 5.11 Å². The minimum absolute atomic E-state index is 0.00189. The van der Waals surface area contributed by atoms with Crippen LogP contribution in [0, 0.1) is 0 Å². The number of benzene rings is 1. The second kappa shape index (κ2) is 5.88. The van der Waals surface area contributed by atoms with Crippen molar-refractivity contribution in [3.63, 3.8) is 0 Å². The van der Waals surface area contributed by atoms with Crippen molar-refractivity contribution in [2.45, 2.75) is 29.5 Å². The van der Waals surface area contributed by atoms with Crippen LogP contribution in [0.15, 0.2) is 30.3 Å². The number of hydrogen-bond donors (Lipinski definition) is 1. The molecule has 0 aromatic heterocycles. The fourth-order valence-electron chi connectivity index (χ4n) is 1.38. The van der Waals surface area contributed by atoms with E-state index in [-0.39, 0.29) is 16.3 Å². The van der Waals surface area contributed by atoms with Gasteiger partial charge in [0.25, 0.3) is 0 Å². The lowest BCUT2D eigenvalue weighted by molar-refractivity contribution is 0.274. The van der Waals surface area contributed by atoms with Gasteiger partial charge in [-0.05, 0) is 25.3 Å². The first-order valence-electron chi connectivity index (χ1n) is 5.04. The molecule has 0 radical (unpaired) electrons. The molecule has 0 heterocycles. The molecule has 3 heteroatoms. The fourth-order valence-corrected chi connectivity index (χ4v) is 1.83. The second-order valence-electron chi connectivity index (χ2n) is 3.91. The Hall–Kier alpha value is -0.0500. The lowest BCUT2D eigenvalue weighted by Crippen LogP contribution is -2.32. The van der Waals surface area contributed by atoms with E-state index >= 15 is 0 Å². The van der Waals surface area contributed by atoms with Crippen LogP contribution in [0.4, 0.5) is 0 Å². The van der Waals surface area contributed by atoms with E-state index in [9.17, 15) is 0 Å². The molecule has 1 aromatic carbocycles. The van der Waals surface area contributed by atoms with Gasteiger partial charge in [-0.3, -0.25) is 0 Å². The summed E-state index contributed by atoms with van der Waals surface area (Å²) in [5.41, 5.74) is 1.30. The summed E-state index contributed by atoms with van der Waals surface area (Å²) in [5, 5.41) is 8.76. The molecule has 0 unspecified atom stereocenters. The molecule has 0 aliphatic rings. The highest BCUT2D eigenvalue weighted by molar-refractivity contribution is 9.10. The van der Waals surface area contributed by atoms with Gasteiger partial charge in [0, 0.05) is 4.32 Å². The number of alkyl halides is 2. The lowest BCUT2D eigenvalue weighted by Gasteiger charge is -2.26. The highest BCUT2D eigenvalue weighted by Gasteiger charge is 2.28. The lowest BCUT2D eigenvalue weighted by atomic mass is 9.98. The molecule has 0 saturated carbocycles. The van der Waals surface area contributed by atoms with Crippen molar-refractivity contribution >= 4 is 27.5 Å². The van der Waals surface area contributed by atoms with Crippen molar-refractivity contribution in [1.29, 1.82) is 0 Å². The third kappa shape index (κ3) is 4.13. The van der Waals surface area contributed by atoms with Gasteiger partial charge in [-0.15, -0.1) is 11.6 Å². The first kappa shape index (κ1) is 13.0. The molecule has 0 fully saturated rings. The van der Waals surface area contributed by atoms with Crippen LogP contribution in [0.3, 0.4) is 0 Å². The van der Waals surface area contributed by atoms with Gasteiger partial charge in [0.05, 0.1) is 12.0 Å². The Kier molecular flexibility index (Phi) is 5.10. The normalized spacial score (nSPS) is 17.1. The zero-order chi connectivity index (χ0) is 11.3. The molecule has 1 N–H and O–H groups in total. The standard InChI is InChI=1S/C12H16BrClO/c1-12(13,11(14)9-15)8-7-10-5-3-2-4-6-10/h2-6,11,15H,7-9H2,1H3/t11-,12+/m0/s1. The molecule has 1 rings (SSSR count). The summed E-state index contributed by atoms with van der Waals surface area (Å²) in [4.78, 5) is 0. The van der Waals surface area contributed by atoms with Crippen molar-refractivity contribution in [1.82, 2.24) is 0 Å². The minimum Gasteiger partial charge on any atom is -0.395 e. The summed E-state index contributed by atoms with van der Waals surface area (Å²) in [6.45, 7) is 2.02. The SMILES string of the molecule is C[C@@](Br)(CCc1ccccc1)[C@@H](Cl)CO. The fraction of sp³-hybridized carbons (Fsp3) is 0.500. The summed E-state index contributed by atoms with van der Waals surface area (Å²) in [7, 11) is 0. The van der Waals surface area contributed by atoms with Gasteiger partial charge in [-0.25, -0.2) is 0 Å². The third-order valence-corrected chi connectivity index (χ3v) is 4.39. The van der Waals surface area contributed by atoms with E-state index in [0.717, 1.165) is 12.8 Å². The van der Waals surface area contributed by atoms with Crippen molar-refractivity contribution < 1.29 is 5.11 Å².